The fourth-order valence-electron chi connectivity index (χ4n) is 2.74. The van der Waals surface area contributed by atoms with Gasteiger partial charge in [-0.1, -0.05) is 18.2 Å². The van der Waals surface area contributed by atoms with E-state index in [2.05, 4.69) is 10.6 Å². The van der Waals surface area contributed by atoms with E-state index in [0.29, 0.717) is 28.3 Å². The van der Waals surface area contributed by atoms with Crippen molar-refractivity contribution in [2.45, 2.75) is 6.54 Å². The van der Waals surface area contributed by atoms with Crippen molar-refractivity contribution in [3.8, 4) is 11.5 Å². The Labute approximate surface area is 156 Å². The van der Waals surface area contributed by atoms with Gasteiger partial charge in [-0.3, -0.25) is 14.5 Å². The first-order chi connectivity index (χ1) is 13.0. The normalized spacial score (nSPS) is 13.3. The van der Waals surface area contributed by atoms with Crippen LogP contribution in [0.25, 0.3) is 0 Å². The first-order valence-corrected chi connectivity index (χ1v) is 8.22. The van der Waals surface area contributed by atoms with Crippen LogP contribution in [-0.2, 0) is 11.3 Å². The topological polar surface area (TPSA) is 97.0 Å². The molecule has 0 bridgehead atoms. The Hall–Kier alpha value is -3.55. The monoisotopic (exact) mass is 369 g/mol. The van der Waals surface area contributed by atoms with Gasteiger partial charge in [-0.15, -0.1) is 0 Å². The molecule has 27 heavy (non-hydrogen) atoms. The van der Waals surface area contributed by atoms with Gasteiger partial charge in [-0.05, 0) is 11.6 Å². The smallest absolute Gasteiger partial charge is 0.324 e. The first kappa shape index (κ1) is 18.2. The van der Waals surface area contributed by atoms with Crippen molar-refractivity contribution in [2.24, 2.45) is 0 Å². The van der Waals surface area contributed by atoms with Crippen LogP contribution in [0, 0.1) is 0 Å². The second-order valence-corrected chi connectivity index (χ2v) is 5.85. The van der Waals surface area contributed by atoms with E-state index in [0.717, 1.165) is 4.90 Å². The van der Waals surface area contributed by atoms with Crippen LogP contribution in [0.4, 0.5) is 10.5 Å². The number of urea groups is 1. The Morgan fingerprint density at radius 2 is 1.78 bits per heavy atom. The zero-order chi connectivity index (χ0) is 19.4. The van der Waals surface area contributed by atoms with Gasteiger partial charge in [0.15, 0.2) is 0 Å². The van der Waals surface area contributed by atoms with Gasteiger partial charge >= 0.3 is 6.03 Å². The molecular formula is C19H19N3O5. The van der Waals surface area contributed by atoms with E-state index < -0.39 is 6.03 Å². The summed E-state index contributed by atoms with van der Waals surface area (Å²) in [4.78, 5) is 37.4. The van der Waals surface area contributed by atoms with Crippen molar-refractivity contribution in [2.75, 3.05) is 26.1 Å². The van der Waals surface area contributed by atoms with Crippen LogP contribution in [0.1, 0.15) is 15.9 Å². The van der Waals surface area contributed by atoms with Crippen LogP contribution in [0.15, 0.2) is 42.5 Å². The molecule has 1 heterocycles. The van der Waals surface area contributed by atoms with Gasteiger partial charge in [0, 0.05) is 29.4 Å². The van der Waals surface area contributed by atoms with Gasteiger partial charge in [0.2, 0.25) is 5.91 Å². The summed E-state index contributed by atoms with van der Waals surface area (Å²) in [5, 5.41) is 5.26. The second kappa shape index (κ2) is 7.77. The highest BCUT2D eigenvalue weighted by Gasteiger charge is 2.29. The molecule has 2 aromatic carbocycles. The van der Waals surface area contributed by atoms with Crippen LogP contribution in [0.5, 0.6) is 11.5 Å². The number of carbonyl (C=O) groups is 3. The molecule has 0 unspecified atom stereocenters. The van der Waals surface area contributed by atoms with Crippen LogP contribution in [0.2, 0.25) is 0 Å². The number of nitrogens with one attached hydrogen (secondary N) is 2. The van der Waals surface area contributed by atoms with Gasteiger partial charge in [-0.2, -0.15) is 0 Å². The lowest BCUT2D eigenvalue weighted by atomic mass is 10.1. The third kappa shape index (κ3) is 4.00. The van der Waals surface area contributed by atoms with Crippen LogP contribution >= 0.6 is 0 Å². The highest BCUT2D eigenvalue weighted by molar-refractivity contribution is 6.06. The molecule has 140 valence electrons. The lowest BCUT2D eigenvalue weighted by molar-refractivity contribution is -0.125. The molecule has 0 atom stereocenters. The Kier molecular flexibility index (Phi) is 5.25. The summed E-state index contributed by atoms with van der Waals surface area (Å²) >= 11 is 0. The largest absolute Gasteiger partial charge is 0.497 e. The number of benzene rings is 2. The number of nitrogens with zero attached hydrogens (tertiary/aromatic N) is 1. The molecule has 8 heteroatoms. The van der Waals surface area contributed by atoms with Gasteiger partial charge in [-0.25, -0.2) is 4.79 Å². The highest BCUT2D eigenvalue weighted by Crippen LogP contribution is 2.26. The number of hydrogen-bond acceptors (Lipinski definition) is 5. The molecule has 0 saturated carbocycles. The molecule has 1 fully saturated rings. The number of amides is 4. The minimum Gasteiger partial charge on any atom is -0.497 e. The zero-order valence-corrected chi connectivity index (χ0v) is 14.9. The summed E-state index contributed by atoms with van der Waals surface area (Å²) in [7, 11) is 3.04. The van der Waals surface area contributed by atoms with Crippen molar-refractivity contribution in [3.05, 3.63) is 53.6 Å². The molecule has 0 radical (unpaired) electrons. The molecule has 1 aliphatic rings. The summed E-state index contributed by atoms with van der Waals surface area (Å²) in [5.41, 5.74) is 1.43. The fourth-order valence-corrected chi connectivity index (χ4v) is 2.74. The zero-order valence-electron chi connectivity index (χ0n) is 14.9. The third-order valence-corrected chi connectivity index (χ3v) is 4.14. The SMILES string of the molecule is COc1cc(NC(=O)c2ccccc2CN2C(=O)CNC2=O)cc(OC)c1. The van der Waals surface area contributed by atoms with Gasteiger partial charge in [0.1, 0.15) is 11.5 Å². The van der Waals surface area contributed by atoms with E-state index in [9.17, 15) is 14.4 Å². The van der Waals surface area contributed by atoms with Gasteiger partial charge in [0.05, 0.1) is 27.3 Å². The summed E-state index contributed by atoms with van der Waals surface area (Å²) in [5.74, 6) is 0.384. The number of ether oxygens (including phenoxy) is 2. The average Bonchev–Trinajstić information content (AvgIpc) is 3.00. The predicted octanol–water partition coefficient (Wildman–Crippen LogP) is 2.01. The number of imide groups is 1. The van der Waals surface area contributed by atoms with E-state index in [4.69, 9.17) is 9.47 Å². The molecule has 2 aromatic rings. The standard InChI is InChI=1S/C19H19N3O5/c1-26-14-7-13(8-15(9-14)27-2)21-18(24)16-6-4-3-5-12(16)11-22-17(23)10-20-19(22)25/h3-9H,10-11H2,1-2H3,(H,20,25)(H,21,24). The molecule has 0 spiro atoms. The lowest BCUT2D eigenvalue weighted by Gasteiger charge is -2.16. The molecule has 0 aromatic heterocycles. The second-order valence-electron chi connectivity index (χ2n) is 5.85. The maximum Gasteiger partial charge on any atom is 0.324 e. The number of hydrogen-bond donors (Lipinski definition) is 2. The Bertz CT molecular complexity index is 858. The fraction of sp³-hybridized carbons (Fsp3) is 0.211. The number of rotatable bonds is 6. The predicted molar refractivity (Wildman–Crippen MR) is 97.9 cm³/mol. The molecule has 8 nitrogen and oxygen atoms in total. The number of anilines is 1. The molecule has 3 rings (SSSR count). The first-order valence-electron chi connectivity index (χ1n) is 8.22. The van der Waals surface area contributed by atoms with Crippen molar-refractivity contribution in [1.29, 1.82) is 0 Å². The Morgan fingerprint density at radius 1 is 1.11 bits per heavy atom. The Balaban J connectivity index is 1.83. The van der Waals surface area contributed by atoms with E-state index >= 15 is 0 Å². The van der Waals surface area contributed by atoms with Crippen LogP contribution in [-0.4, -0.2) is 43.5 Å². The van der Waals surface area contributed by atoms with Crippen molar-refractivity contribution < 1.29 is 23.9 Å². The van der Waals surface area contributed by atoms with Crippen LogP contribution in [0.3, 0.4) is 0 Å². The number of methoxy groups -OCH3 is 2. The van der Waals surface area contributed by atoms with Crippen LogP contribution < -0.4 is 20.1 Å². The molecule has 1 aliphatic heterocycles. The molecule has 4 amide bonds. The molecular weight excluding hydrogens is 350 g/mol. The van der Waals surface area contributed by atoms with Crippen molar-refractivity contribution >= 4 is 23.5 Å². The quantitative estimate of drug-likeness (QED) is 0.759. The van der Waals surface area contributed by atoms with E-state index in [1.807, 2.05) is 0 Å². The summed E-state index contributed by atoms with van der Waals surface area (Å²) in [6.07, 6.45) is 0. The minimum absolute atomic E-state index is 0.0235. The summed E-state index contributed by atoms with van der Waals surface area (Å²) in [6.45, 7) is -0.00745. The highest BCUT2D eigenvalue weighted by atomic mass is 16.5. The average molecular weight is 369 g/mol. The third-order valence-electron chi connectivity index (χ3n) is 4.14. The molecule has 1 saturated heterocycles. The maximum absolute atomic E-state index is 12.8. The molecule has 2 N–H and O–H groups in total. The van der Waals surface area contributed by atoms with E-state index in [-0.39, 0.29) is 24.9 Å². The van der Waals surface area contributed by atoms with Crippen molar-refractivity contribution in [3.63, 3.8) is 0 Å². The number of carbonyl (C=O) groups excluding carboxylic acids is 3. The Morgan fingerprint density at radius 3 is 2.37 bits per heavy atom. The van der Waals surface area contributed by atoms with E-state index in [1.54, 1.807) is 42.5 Å². The minimum atomic E-state index is -0.465. The van der Waals surface area contributed by atoms with Gasteiger partial charge in [0.25, 0.3) is 5.91 Å². The summed E-state index contributed by atoms with van der Waals surface area (Å²) in [6, 6.07) is 11.4. The molecule has 0 aliphatic carbocycles. The maximum atomic E-state index is 12.8. The summed E-state index contributed by atoms with van der Waals surface area (Å²) < 4.78 is 10.4. The van der Waals surface area contributed by atoms with Gasteiger partial charge < -0.3 is 20.1 Å². The van der Waals surface area contributed by atoms with E-state index in [1.165, 1.54) is 14.2 Å². The lowest BCUT2D eigenvalue weighted by Crippen LogP contribution is -2.31. The van der Waals surface area contributed by atoms with Crippen molar-refractivity contribution in [1.82, 2.24) is 10.2 Å².